The molecule has 0 spiro atoms. The van der Waals surface area contributed by atoms with E-state index in [4.69, 9.17) is 19.4 Å². The second kappa shape index (κ2) is 12.2. The Morgan fingerprint density at radius 2 is 0.898 bits per heavy atom. The predicted octanol–water partition coefficient (Wildman–Crippen LogP) is 11.8. The van der Waals surface area contributed by atoms with Crippen LogP contribution in [0, 0.1) is 0 Å². The Bertz CT molecular complexity index is 2580. The van der Waals surface area contributed by atoms with Crippen molar-refractivity contribution >= 4 is 21.9 Å². The molecule has 0 N–H and O–H groups in total. The maximum absolute atomic E-state index is 6.44. The van der Waals surface area contributed by atoms with E-state index in [1.807, 2.05) is 66.7 Å². The summed E-state index contributed by atoms with van der Waals surface area (Å²) < 4.78 is 6.44. The van der Waals surface area contributed by atoms with E-state index in [9.17, 15) is 0 Å². The smallest absolute Gasteiger partial charge is 0.227 e. The van der Waals surface area contributed by atoms with Gasteiger partial charge in [0.15, 0.2) is 11.4 Å². The number of hydrogen-bond acceptors (Lipinski definition) is 4. The minimum atomic E-state index is 0.614. The molecule has 0 unspecified atom stereocenters. The monoisotopic (exact) mass is 627 g/mol. The Morgan fingerprint density at radius 1 is 0.347 bits per heavy atom. The maximum Gasteiger partial charge on any atom is 0.227 e. The third-order valence-electron chi connectivity index (χ3n) is 8.97. The number of fused-ring (bicyclic) bond motifs is 2. The molecule has 0 aliphatic heterocycles. The molecule has 9 rings (SSSR count). The van der Waals surface area contributed by atoms with E-state index in [1.54, 1.807) is 0 Å². The van der Waals surface area contributed by atoms with Crippen LogP contribution in [0.3, 0.4) is 0 Å². The van der Waals surface area contributed by atoms with Crippen molar-refractivity contribution in [1.82, 2.24) is 15.0 Å². The Balaban J connectivity index is 1.19. The van der Waals surface area contributed by atoms with Gasteiger partial charge in [-0.3, -0.25) is 0 Å². The van der Waals surface area contributed by atoms with E-state index < -0.39 is 0 Å². The molecular weight excluding hydrogens is 599 g/mol. The van der Waals surface area contributed by atoms with Crippen molar-refractivity contribution < 1.29 is 4.42 Å². The quantitative estimate of drug-likeness (QED) is 0.184. The number of benzene rings is 7. The van der Waals surface area contributed by atoms with Gasteiger partial charge in [0.05, 0.1) is 11.4 Å². The summed E-state index contributed by atoms with van der Waals surface area (Å²) in [6.45, 7) is 0. The van der Waals surface area contributed by atoms with Crippen molar-refractivity contribution in [3.8, 4) is 67.6 Å². The minimum Gasteiger partial charge on any atom is -0.435 e. The molecule has 2 heterocycles. The van der Waals surface area contributed by atoms with Gasteiger partial charge in [-0.1, -0.05) is 152 Å². The van der Waals surface area contributed by atoms with Gasteiger partial charge in [0.1, 0.15) is 5.52 Å². The zero-order valence-electron chi connectivity index (χ0n) is 26.5. The molecule has 0 radical (unpaired) electrons. The first kappa shape index (κ1) is 28.6. The first-order valence-corrected chi connectivity index (χ1v) is 16.4. The molecule has 49 heavy (non-hydrogen) atoms. The van der Waals surface area contributed by atoms with E-state index in [-0.39, 0.29) is 0 Å². The Hall–Kier alpha value is -6.65. The van der Waals surface area contributed by atoms with Crippen LogP contribution in [-0.4, -0.2) is 15.0 Å². The van der Waals surface area contributed by atoms with E-state index in [2.05, 4.69) is 109 Å². The Morgan fingerprint density at radius 3 is 1.61 bits per heavy atom. The summed E-state index contributed by atoms with van der Waals surface area (Å²) in [4.78, 5) is 15.1. The van der Waals surface area contributed by atoms with E-state index in [1.165, 1.54) is 5.56 Å². The lowest BCUT2D eigenvalue weighted by Gasteiger charge is -2.14. The third kappa shape index (κ3) is 5.35. The fraction of sp³-hybridized carbons (Fsp3) is 0. The molecule has 2 aromatic heterocycles. The summed E-state index contributed by atoms with van der Waals surface area (Å²) in [6, 6.07) is 60.4. The van der Waals surface area contributed by atoms with E-state index in [0.29, 0.717) is 11.7 Å². The Kier molecular flexibility index (Phi) is 7.10. The molecule has 0 fully saturated rings. The highest BCUT2D eigenvalue weighted by atomic mass is 16.3. The average Bonchev–Trinajstić information content (AvgIpc) is 3.64. The molecule has 4 heteroatoms. The summed E-state index contributed by atoms with van der Waals surface area (Å²) in [5.41, 5.74) is 11.8. The highest BCUT2D eigenvalue weighted by molar-refractivity contribution is 6.08. The summed E-state index contributed by atoms with van der Waals surface area (Å²) in [5.74, 6) is 1.30. The first-order chi connectivity index (χ1) is 24.3. The average molecular weight is 628 g/mol. The fourth-order valence-corrected chi connectivity index (χ4v) is 6.54. The second-order valence-electron chi connectivity index (χ2n) is 12.0. The van der Waals surface area contributed by atoms with Gasteiger partial charge >= 0.3 is 0 Å². The van der Waals surface area contributed by atoms with E-state index in [0.717, 1.165) is 72.2 Å². The molecule has 9 aromatic rings. The normalized spacial score (nSPS) is 11.3. The number of hydrogen-bond donors (Lipinski definition) is 0. The highest BCUT2D eigenvalue weighted by Gasteiger charge is 2.18. The number of para-hydroxylation sites is 1. The molecule has 0 bridgehead atoms. The highest BCUT2D eigenvalue weighted by Crippen LogP contribution is 2.40. The van der Waals surface area contributed by atoms with Crippen molar-refractivity contribution in [2.45, 2.75) is 0 Å². The molecule has 0 saturated heterocycles. The zero-order valence-corrected chi connectivity index (χ0v) is 26.5. The topological polar surface area (TPSA) is 51.8 Å². The largest absolute Gasteiger partial charge is 0.435 e. The van der Waals surface area contributed by atoms with Crippen LogP contribution in [0.15, 0.2) is 180 Å². The zero-order chi connectivity index (χ0) is 32.6. The van der Waals surface area contributed by atoms with Crippen LogP contribution in [0.5, 0.6) is 0 Å². The number of nitrogens with zero attached hydrogens (tertiary/aromatic N) is 3. The van der Waals surface area contributed by atoms with Gasteiger partial charge in [-0.15, -0.1) is 0 Å². The van der Waals surface area contributed by atoms with Gasteiger partial charge in [-0.2, -0.15) is 0 Å². The summed E-state index contributed by atoms with van der Waals surface area (Å²) in [7, 11) is 0. The summed E-state index contributed by atoms with van der Waals surface area (Å²) in [6.07, 6.45) is 0. The van der Waals surface area contributed by atoms with Gasteiger partial charge in [-0.05, 0) is 51.7 Å². The first-order valence-electron chi connectivity index (χ1n) is 16.4. The molecule has 7 aromatic carbocycles. The Labute approximate surface area is 284 Å². The molecule has 0 saturated carbocycles. The van der Waals surface area contributed by atoms with Crippen LogP contribution >= 0.6 is 0 Å². The van der Waals surface area contributed by atoms with Gasteiger partial charge in [0.2, 0.25) is 5.89 Å². The van der Waals surface area contributed by atoms with Crippen molar-refractivity contribution in [3.63, 3.8) is 0 Å². The van der Waals surface area contributed by atoms with Gasteiger partial charge < -0.3 is 4.42 Å². The van der Waals surface area contributed by atoms with Crippen molar-refractivity contribution in [2.24, 2.45) is 0 Å². The van der Waals surface area contributed by atoms with Gasteiger partial charge in [0.25, 0.3) is 0 Å². The SMILES string of the molecule is c1ccc(-c2ccc(-c3nc(-c4ccccc4)cc(-c4ccc(-c5cccc6nc(-c7ccccc7)oc56)c5ccccc45)n3)cc2)cc1. The summed E-state index contributed by atoms with van der Waals surface area (Å²) >= 11 is 0. The number of oxazole rings is 1. The van der Waals surface area contributed by atoms with E-state index >= 15 is 0 Å². The lowest BCUT2D eigenvalue weighted by atomic mass is 9.93. The molecule has 230 valence electrons. The van der Waals surface area contributed by atoms with Crippen LogP contribution < -0.4 is 0 Å². The maximum atomic E-state index is 6.44. The molecular formula is C45H29N3O. The fourth-order valence-electron chi connectivity index (χ4n) is 6.54. The number of rotatable bonds is 6. The predicted molar refractivity (Wildman–Crippen MR) is 200 cm³/mol. The molecule has 0 atom stereocenters. The summed E-state index contributed by atoms with van der Waals surface area (Å²) in [5, 5.41) is 2.21. The molecule has 0 amide bonds. The molecule has 0 aliphatic rings. The lowest BCUT2D eigenvalue weighted by molar-refractivity contribution is 0.621. The molecule has 4 nitrogen and oxygen atoms in total. The van der Waals surface area contributed by atoms with Crippen LogP contribution in [0.1, 0.15) is 0 Å². The molecule has 0 aliphatic carbocycles. The minimum absolute atomic E-state index is 0.614. The van der Waals surface area contributed by atoms with Crippen molar-refractivity contribution in [1.29, 1.82) is 0 Å². The standard InChI is InChI=1S/C45H29N3O/c1-4-13-30(14-5-1)31-23-25-33(26-24-31)44-46-41(32-15-6-2-7-16-32)29-42(47-44)38-28-27-37(35-19-10-11-20-36(35)38)39-21-12-22-40-43(39)49-45(48-40)34-17-8-3-9-18-34/h1-29H. The van der Waals surface area contributed by atoms with Gasteiger partial charge in [-0.25, -0.2) is 15.0 Å². The van der Waals surface area contributed by atoms with Crippen LogP contribution in [-0.2, 0) is 0 Å². The lowest BCUT2D eigenvalue weighted by Crippen LogP contribution is -1.97. The van der Waals surface area contributed by atoms with Gasteiger partial charge in [0, 0.05) is 27.8 Å². The third-order valence-corrected chi connectivity index (χ3v) is 8.97. The second-order valence-corrected chi connectivity index (χ2v) is 12.0. The van der Waals surface area contributed by atoms with Crippen LogP contribution in [0.25, 0.3) is 89.5 Å². The van der Waals surface area contributed by atoms with Crippen molar-refractivity contribution in [2.75, 3.05) is 0 Å². The van der Waals surface area contributed by atoms with Crippen LogP contribution in [0.2, 0.25) is 0 Å². The van der Waals surface area contributed by atoms with Crippen molar-refractivity contribution in [3.05, 3.63) is 176 Å². The van der Waals surface area contributed by atoms with Crippen LogP contribution in [0.4, 0.5) is 0 Å². The number of aromatic nitrogens is 3.